The molecule has 2 rings (SSSR count). The summed E-state index contributed by atoms with van der Waals surface area (Å²) < 4.78 is 0. The van der Waals surface area contributed by atoms with Crippen LogP contribution in [0, 0.1) is 0 Å². The van der Waals surface area contributed by atoms with Crippen molar-refractivity contribution in [2.24, 2.45) is 0 Å². The SMILES string of the molecule is CCC(=O)N1CCCC1c1ccc(N)cc1. The number of anilines is 1. The zero-order valence-electron chi connectivity index (χ0n) is 9.65. The molecule has 1 amide bonds. The molecule has 1 saturated heterocycles. The lowest BCUT2D eigenvalue weighted by Crippen LogP contribution is -2.29. The van der Waals surface area contributed by atoms with E-state index in [2.05, 4.69) is 0 Å². The topological polar surface area (TPSA) is 46.3 Å². The highest BCUT2D eigenvalue weighted by Crippen LogP contribution is 2.32. The molecule has 1 heterocycles. The van der Waals surface area contributed by atoms with Gasteiger partial charge in [0.1, 0.15) is 0 Å². The van der Waals surface area contributed by atoms with E-state index >= 15 is 0 Å². The van der Waals surface area contributed by atoms with Crippen LogP contribution in [0.4, 0.5) is 5.69 Å². The van der Waals surface area contributed by atoms with E-state index in [1.807, 2.05) is 36.1 Å². The van der Waals surface area contributed by atoms with E-state index in [0.717, 1.165) is 25.1 Å². The van der Waals surface area contributed by atoms with Gasteiger partial charge in [-0.3, -0.25) is 4.79 Å². The number of nitrogen functional groups attached to an aromatic ring is 1. The average Bonchev–Trinajstić information content (AvgIpc) is 2.78. The summed E-state index contributed by atoms with van der Waals surface area (Å²) in [5, 5.41) is 0. The summed E-state index contributed by atoms with van der Waals surface area (Å²) >= 11 is 0. The van der Waals surface area contributed by atoms with Crippen molar-refractivity contribution < 1.29 is 4.79 Å². The van der Waals surface area contributed by atoms with Gasteiger partial charge < -0.3 is 10.6 Å². The van der Waals surface area contributed by atoms with E-state index in [0.29, 0.717) is 6.42 Å². The molecule has 0 aromatic heterocycles. The Bertz CT molecular complexity index is 372. The number of rotatable bonds is 2. The molecule has 3 nitrogen and oxygen atoms in total. The van der Waals surface area contributed by atoms with Crippen LogP contribution in [0.3, 0.4) is 0 Å². The molecule has 1 aromatic rings. The Balaban J connectivity index is 2.19. The summed E-state index contributed by atoms with van der Waals surface area (Å²) in [4.78, 5) is 13.8. The third kappa shape index (κ3) is 2.03. The third-order valence-corrected chi connectivity index (χ3v) is 3.20. The first-order valence-electron chi connectivity index (χ1n) is 5.87. The molecule has 1 aromatic carbocycles. The lowest BCUT2D eigenvalue weighted by atomic mass is 10.0. The Kier molecular flexibility index (Phi) is 3.13. The highest BCUT2D eigenvalue weighted by atomic mass is 16.2. The third-order valence-electron chi connectivity index (χ3n) is 3.20. The maximum atomic E-state index is 11.8. The van der Waals surface area contributed by atoms with Gasteiger partial charge in [-0.15, -0.1) is 0 Å². The average molecular weight is 218 g/mol. The molecule has 2 N–H and O–H groups in total. The quantitative estimate of drug-likeness (QED) is 0.774. The predicted molar refractivity (Wildman–Crippen MR) is 64.8 cm³/mol. The minimum atomic E-state index is 0.249. The van der Waals surface area contributed by atoms with Gasteiger partial charge in [0.15, 0.2) is 0 Å². The van der Waals surface area contributed by atoms with Crippen LogP contribution >= 0.6 is 0 Å². The molecule has 1 aliphatic heterocycles. The number of amides is 1. The van der Waals surface area contributed by atoms with Crippen LogP contribution < -0.4 is 5.73 Å². The number of benzene rings is 1. The number of carbonyl (C=O) groups excluding carboxylic acids is 1. The molecular formula is C13H18N2O. The van der Waals surface area contributed by atoms with Crippen molar-refractivity contribution in [1.29, 1.82) is 0 Å². The summed E-state index contributed by atoms with van der Waals surface area (Å²) in [5.41, 5.74) is 7.64. The minimum absolute atomic E-state index is 0.249. The first-order chi connectivity index (χ1) is 7.72. The zero-order chi connectivity index (χ0) is 11.5. The van der Waals surface area contributed by atoms with Crippen molar-refractivity contribution in [3.63, 3.8) is 0 Å². The summed E-state index contributed by atoms with van der Waals surface area (Å²) in [6, 6.07) is 8.13. The van der Waals surface area contributed by atoms with E-state index in [-0.39, 0.29) is 11.9 Å². The van der Waals surface area contributed by atoms with E-state index in [1.54, 1.807) is 0 Å². The number of likely N-dealkylation sites (tertiary alicyclic amines) is 1. The second-order valence-corrected chi connectivity index (χ2v) is 4.27. The van der Waals surface area contributed by atoms with Crippen LogP contribution in [0.2, 0.25) is 0 Å². The molecule has 0 bridgehead atoms. The van der Waals surface area contributed by atoms with Crippen LogP contribution in [0.25, 0.3) is 0 Å². The van der Waals surface area contributed by atoms with E-state index in [9.17, 15) is 4.79 Å². The molecule has 1 atom stereocenters. The number of nitrogens with two attached hydrogens (primary N) is 1. The van der Waals surface area contributed by atoms with Gasteiger partial charge in [0.25, 0.3) is 0 Å². The molecule has 0 aliphatic carbocycles. The van der Waals surface area contributed by atoms with Gasteiger partial charge in [0, 0.05) is 18.7 Å². The minimum Gasteiger partial charge on any atom is -0.399 e. The lowest BCUT2D eigenvalue weighted by molar-refractivity contribution is -0.131. The van der Waals surface area contributed by atoms with E-state index in [4.69, 9.17) is 5.73 Å². The van der Waals surface area contributed by atoms with Crippen LogP contribution in [0.1, 0.15) is 37.8 Å². The summed E-state index contributed by atoms with van der Waals surface area (Å²) in [6.07, 6.45) is 2.75. The summed E-state index contributed by atoms with van der Waals surface area (Å²) in [7, 11) is 0. The predicted octanol–water partition coefficient (Wildman–Crippen LogP) is 2.34. The largest absolute Gasteiger partial charge is 0.399 e. The van der Waals surface area contributed by atoms with Crippen molar-refractivity contribution in [3.05, 3.63) is 29.8 Å². The first kappa shape index (κ1) is 11.0. The Morgan fingerprint density at radius 2 is 2.12 bits per heavy atom. The zero-order valence-corrected chi connectivity index (χ0v) is 9.65. The summed E-state index contributed by atoms with van der Waals surface area (Å²) in [6.45, 7) is 2.81. The molecule has 0 radical (unpaired) electrons. The van der Waals surface area contributed by atoms with Crippen molar-refractivity contribution in [2.75, 3.05) is 12.3 Å². The number of carbonyl (C=O) groups is 1. The highest BCUT2D eigenvalue weighted by Gasteiger charge is 2.28. The number of nitrogens with zero attached hydrogens (tertiary/aromatic N) is 1. The molecule has 0 spiro atoms. The molecule has 1 fully saturated rings. The van der Waals surface area contributed by atoms with Crippen molar-refractivity contribution in [3.8, 4) is 0 Å². The van der Waals surface area contributed by atoms with E-state index in [1.165, 1.54) is 5.56 Å². The summed E-state index contributed by atoms with van der Waals surface area (Å²) in [5.74, 6) is 0.249. The second-order valence-electron chi connectivity index (χ2n) is 4.27. The van der Waals surface area contributed by atoms with Crippen LogP contribution in [-0.4, -0.2) is 17.4 Å². The standard InChI is InChI=1S/C13H18N2O/c1-2-13(16)15-9-3-4-12(15)10-5-7-11(14)8-6-10/h5-8,12H,2-4,9,14H2,1H3. The molecule has 3 heteroatoms. The Hall–Kier alpha value is -1.51. The van der Waals surface area contributed by atoms with Crippen LogP contribution in [-0.2, 0) is 4.79 Å². The van der Waals surface area contributed by atoms with Gasteiger partial charge in [-0.2, -0.15) is 0 Å². The van der Waals surface area contributed by atoms with Gasteiger partial charge in [-0.05, 0) is 30.5 Å². The molecule has 16 heavy (non-hydrogen) atoms. The van der Waals surface area contributed by atoms with Crippen molar-refractivity contribution >= 4 is 11.6 Å². The molecule has 86 valence electrons. The van der Waals surface area contributed by atoms with Gasteiger partial charge in [-0.25, -0.2) is 0 Å². The maximum absolute atomic E-state index is 11.8. The van der Waals surface area contributed by atoms with Gasteiger partial charge >= 0.3 is 0 Å². The maximum Gasteiger partial charge on any atom is 0.222 e. The molecule has 0 saturated carbocycles. The van der Waals surface area contributed by atoms with Crippen LogP contribution in [0.15, 0.2) is 24.3 Å². The normalized spacial score (nSPS) is 20.1. The second kappa shape index (κ2) is 4.56. The molecule has 1 aliphatic rings. The Morgan fingerprint density at radius 3 is 2.75 bits per heavy atom. The van der Waals surface area contributed by atoms with Gasteiger partial charge in [-0.1, -0.05) is 19.1 Å². The smallest absolute Gasteiger partial charge is 0.222 e. The van der Waals surface area contributed by atoms with Crippen molar-refractivity contribution in [1.82, 2.24) is 4.90 Å². The first-order valence-corrected chi connectivity index (χ1v) is 5.87. The lowest BCUT2D eigenvalue weighted by Gasteiger charge is -2.24. The molecular weight excluding hydrogens is 200 g/mol. The van der Waals surface area contributed by atoms with Gasteiger partial charge in [0.2, 0.25) is 5.91 Å². The fourth-order valence-corrected chi connectivity index (χ4v) is 2.33. The van der Waals surface area contributed by atoms with E-state index < -0.39 is 0 Å². The monoisotopic (exact) mass is 218 g/mol. The fraction of sp³-hybridized carbons (Fsp3) is 0.462. The van der Waals surface area contributed by atoms with Crippen LogP contribution in [0.5, 0.6) is 0 Å². The van der Waals surface area contributed by atoms with Gasteiger partial charge in [0.05, 0.1) is 6.04 Å². The number of hydrogen-bond donors (Lipinski definition) is 1. The highest BCUT2D eigenvalue weighted by molar-refractivity contribution is 5.76. The fourth-order valence-electron chi connectivity index (χ4n) is 2.33. The Labute approximate surface area is 96.2 Å². The Morgan fingerprint density at radius 1 is 1.44 bits per heavy atom. The molecule has 1 unspecified atom stereocenters. The number of hydrogen-bond acceptors (Lipinski definition) is 2. The van der Waals surface area contributed by atoms with Crippen molar-refractivity contribution in [2.45, 2.75) is 32.2 Å².